The lowest BCUT2D eigenvalue weighted by atomic mass is 10.0. The number of hydrogen-bond acceptors (Lipinski definition) is 9. The molecule has 6 heterocycles. The molecule has 0 amide bonds. The fourth-order valence-electron chi connectivity index (χ4n) is 5.17. The van der Waals surface area contributed by atoms with Crippen molar-refractivity contribution in [3.63, 3.8) is 0 Å². The zero-order valence-electron chi connectivity index (χ0n) is 22.5. The van der Waals surface area contributed by atoms with Crippen molar-refractivity contribution in [1.82, 2.24) is 24.2 Å². The summed E-state index contributed by atoms with van der Waals surface area (Å²) in [4.78, 5) is 34.4. The Hall–Kier alpha value is -4.50. The van der Waals surface area contributed by atoms with Gasteiger partial charge in [0.05, 0.1) is 35.1 Å². The van der Waals surface area contributed by atoms with Gasteiger partial charge in [-0.25, -0.2) is 0 Å². The molecule has 5 aromatic rings. The second kappa shape index (κ2) is 12.2. The predicted molar refractivity (Wildman–Crippen MR) is 160 cm³/mol. The van der Waals surface area contributed by atoms with Gasteiger partial charge in [-0.15, -0.1) is 11.3 Å². The molecule has 0 spiro atoms. The van der Waals surface area contributed by atoms with Crippen LogP contribution in [0.2, 0.25) is 4.34 Å². The lowest BCUT2D eigenvalue weighted by molar-refractivity contribution is 0.0947. The van der Waals surface area contributed by atoms with Gasteiger partial charge in [-0.2, -0.15) is 15.0 Å². The van der Waals surface area contributed by atoms with Gasteiger partial charge in [-0.05, 0) is 62.3 Å². The van der Waals surface area contributed by atoms with E-state index in [1.54, 1.807) is 41.2 Å². The van der Waals surface area contributed by atoms with E-state index in [-0.39, 0.29) is 28.2 Å². The zero-order valence-corrected chi connectivity index (χ0v) is 24.1. The Balaban J connectivity index is 1.53. The summed E-state index contributed by atoms with van der Waals surface area (Å²) in [5, 5.41) is 18.4. The molecule has 1 fully saturated rings. The summed E-state index contributed by atoms with van der Waals surface area (Å²) in [6, 6.07) is 14.3. The SMILES string of the molecule is N#Cc1c(-c2ccc(=O)n(CN3CCCCC3)c2-c2cccnc2)nn(C(=O)c2ccoc2)c1NCc1ccc(Cl)s1. The van der Waals surface area contributed by atoms with Gasteiger partial charge in [0.25, 0.3) is 11.5 Å². The molecular weight excluding hydrogens is 574 g/mol. The van der Waals surface area contributed by atoms with Gasteiger partial charge in [0.1, 0.15) is 23.6 Å². The number of piperidine rings is 1. The second-order valence-corrected chi connectivity index (χ2v) is 11.7. The van der Waals surface area contributed by atoms with Gasteiger partial charge in [-0.3, -0.25) is 24.0 Å². The first-order chi connectivity index (χ1) is 20.5. The van der Waals surface area contributed by atoms with E-state index in [4.69, 9.17) is 21.1 Å². The highest BCUT2D eigenvalue weighted by molar-refractivity contribution is 7.16. The van der Waals surface area contributed by atoms with E-state index in [1.165, 1.54) is 41.0 Å². The second-order valence-electron chi connectivity index (χ2n) is 9.90. The number of carbonyl (C=O) groups excluding carboxylic acids is 1. The molecule has 1 N–H and O–H groups in total. The smallest absolute Gasteiger partial charge is 0.283 e. The molecule has 0 unspecified atom stereocenters. The van der Waals surface area contributed by atoms with E-state index in [1.807, 2.05) is 12.1 Å². The van der Waals surface area contributed by atoms with Crippen LogP contribution < -0.4 is 10.9 Å². The lowest BCUT2D eigenvalue weighted by Gasteiger charge is -2.28. The summed E-state index contributed by atoms with van der Waals surface area (Å²) >= 11 is 7.52. The number of nitrogens with one attached hydrogen (secondary N) is 1. The van der Waals surface area contributed by atoms with Crippen molar-refractivity contribution in [3.05, 3.63) is 98.1 Å². The van der Waals surface area contributed by atoms with Gasteiger partial charge < -0.3 is 9.73 Å². The minimum atomic E-state index is -0.470. The van der Waals surface area contributed by atoms with Crippen LogP contribution >= 0.6 is 22.9 Å². The normalized spacial score (nSPS) is 13.6. The average Bonchev–Trinajstić information content (AvgIpc) is 3.78. The number of anilines is 1. The summed E-state index contributed by atoms with van der Waals surface area (Å²) in [6.07, 6.45) is 9.39. The van der Waals surface area contributed by atoms with Crippen molar-refractivity contribution in [2.75, 3.05) is 18.4 Å². The van der Waals surface area contributed by atoms with E-state index in [2.05, 4.69) is 21.3 Å². The number of hydrogen-bond donors (Lipinski definition) is 1. The van der Waals surface area contributed by atoms with Crippen molar-refractivity contribution in [2.24, 2.45) is 0 Å². The van der Waals surface area contributed by atoms with Crippen LogP contribution in [0.3, 0.4) is 0 Å². The molecule has 42 heavy (non-hydrogen) atoms. The number of carbonyl (C=O) groups is 1. The van der Waals surface area contributed by atoms with Gasteiger partial charge in [0, 0.05) is 34.5 Å². The van der Waals surface area contributed by atoms with Gasteiger partial charge in [0.15, 0.2) is 5.82 Å². The molecule has 0 atom stereocenters. The topological polar surface area (TPSA) is 122 Å². The highest BCUT2D eigenvalue weighted by Gasteiger charge is 2.28. The monoisotopic (exact) mass is 599 g/mol. The molecule has 0 bridgehead atoms. The quantitative estimate of drug-likeness (QED) is 0.241. The number of likely N-dealkylation sites (tertiary alicyclic amines) is 1. The summed E-state index contributed by atoms with van der Waals surface area (Å²) in [6.45, 7) is 2.49. The number of pyridine rings is 2. The van der Waals surface area contributed by atoms with Crippen LogP contribution in [0.15, 0.2) is 76.6 Å². The van der Waals surface area contributed by atoms with Gasteiger partial charge in [0.2, 0.25) is 0 Å². The van der Waals surface area contributed by atoms with Crippen LogP contribution in [0.5, 0.6) is 0 Å². The standard InChI is InChI=1S/C30H26ClN7O3S/c31-25-8-6-22(42-25)17-34-29-24(15-32)27(35-38(29)30(40)21-10-14-41-18-21)23-7-9-26(39)37(19-36-12-2-1-3-13-36)28(23)20-5-4-11-33-16-20/h4-11,14,16,18,34H,1-3,12-13,17,19H2. The molecule has 1 saturated heterocycles. The lowest BCUT2D eigenvalue weighted by Crippen LogP contribution is -2.36. The molecule has 0 radical (unpaired) electrons. The van der Waals surface area contributed by atoms with E-state index in [0.717, 1.165) is 30.8 Å². The maximum atomic E-state index is 13.6. The Kier molecular flexibility index (Phi) is 8.01. The third-order valence-corrected chi connectivity index (χ3v) is 8.41. The van der Waals surface area contributed by atoms with Crippen LogP contribution in [0.4, 0.5) is 5.82 Å². The Morgan fingerprint density at radius 3 is 2.69 bits per heavy atom. The maximum absolute atomic E-state index is 13.6. The number of halogens is 1. The fraction of sp³-hybridized carbons (Fsp3) is 0.233. The maximum Gasteiger partial charge on any atom is 0.283 e. The van der Waals surface area contributed by atoms with E-state index in [0.29, 0.717) is 34.4 Å². The van der Waals surface area contributed by atoms with Crippen molar-refractivity contribution in [2.45, 2.75) is 32.5 Å². The van der Waals surface area contributed by atoms with Crippen LogP contribution in [0.25, 0.3) is 22.5 Å². The van der Waals surface area contributed by atoms with Crippen LogP contribution in [0.1, 0.15) is 40.1 Å². The molecule has 6 rings (SSSR count). The number of thiophene rings is 1. The minimum absolute atomic E-state index is 0.169. The van der Waals surface area contributed by atoms with Crippen LogP contribution in [0, 0.1) is 11.3 Å². The first-order valence-corrected chi connectivity index (χ1v) is 14.7. The zero-order chi connectivity index (χ0) is 29.1. The first-order valence-electron chi connectivity index (χ1n) is 13.5. The van der Waals surface area contributed by atoms with Gasteiger partial charge >= 0.3 is 0 Å². The number of nitrogens with zero attached hydrogens (tertiary/aromatic N) is 6. The molecule has 212 valence electrons. The molecule has 1 aliphatic heterocycles. The summed E-state index contributed by atoms with van der Waals surface area (Å²) in [5.74, 6) is -0.239. The van der Waals surface area contributed by atoms with Gasteiger partial charge in [-0.1, -0.05) is 18.0 Å². The van der Waals surface area contributed by atoms with Crippen LogP contribution in [-0.2, 0) is 13.2 Å². The Bertz CT molecular complexity index is 1810. The number of rotatable bonds is 8. The Morgan fingerprint density at radius 1 is 1.14 bits per heavy atom. The van der Waals surface area contributed by atoms with E-state index in [9.17, 15) is 14.9 Å². The highest BCUT2D eigenvalue weighted by Crippen LogP contribution is 2.36. The molecule has 0 saturated carbocycles. The summed E-state index contributed by atoms with van der Waals surface area (Å²) in [5.41, 5.74) is 2.35. The molecule has 1 aliphatic rings. The predicted octanol–water partition coefficient (Wildman–Crippen LogP) is 5.70. The molecular formula is C30H26ClN7O3S. The van der Waals surface area contributed by atoms with E-state index >= 15 is 0 Å². The number of furan rings is 1. The number of nitriles is 1. The molecule has 10 nitrogen and oxygen atoms in total. The summed E-state index contributed by atoms with van der Waals surface area (Å²) in [7, 11) is 0. The summed E-state index contributed by atoms with van der Waals surface area (Å²) < 4.78 is 8.66. The number of aromatic nitrogens is 4. The first kappa shape index (κ1) is 27.7. The van der Waals surface area contributed by atoms with Crippen LogP contribution in [-0.4, -0.2) is 43.2 Å². The largest absolute Gasteiger partial charge is 0.472 e. The highest BCUT2D eigenvalue weighted by atomic mass is 35.5. The molecule has 0 aliphatic carbocycles. The third kappa shape index (κ3) is 5.52. The van der Waals surface area contributed by atoms with Crippen molar-refractivity contribution in [3.8, 4) is 28.6 Å². The third-order valence-electron chi connectivity index (χ3n) is 7.18. The molecule has 5 aromatic heterocycles. The van der Waals surface area contributed by atoms with Crippen molar-refractivity contribution < 1.29 is 9.21 Å². The Labute approximate surface area is 250 Å². The average molecular weight is 600 g/mol. The van der Waals surface area contributed by atoms with Crippen molar-refractivity contribution >= 4 is 34.7 Å². The minimum Gasteiger partial charge on any atom is -0.472 e. The fourth-order valence-corrected chi connectivity index (χ4v) is 6.20. The van der Waals surface area contributed by atoms with Crippen molar-refractivity contribution in [1.29, 1.82) is 5.26 Å². The molecule has 12 heteroatoms. The van der Waals surface area contributed by atoms with E-state index < -0.39 is 5.91 Å². The molecule has 0 aromatic carbocycles. The Morgan fingerprint density at radius 2 is 2.00 bits per heavy atom.